The van der Waals surface area contributed by atoms with Crippen molar-refractivity contribution < 1.29 is 17.6 Å². The monoisotopic (exact) mass is 379 g/mol. The molecule has 0 bridgehead atoms. The van der Waals surface area contributed by atoms with Crippen molar-refractivity contribution in [3.63, 3.8) is 0 Å². The Morgan fingerprint density at radius 2 is 2.00 bits per heavy atom. The highest BCUT2D eigenvalue weighted by Crippen LogP contribution is 2.29. The molecule has 1 aliphatic heterocycles. The van der Waals surface area contributed by atoms with E-state index in [4.69, 9.17) is 11.6 Å². The molecule has 128 valence electrons. The quantitative estimate of drug-likeness (QED) is 0.653. The van der Waals surface area contributed by atoms with Crippen molar-refractivity contribution in [3.05, 3.63) is 58.5 Å². The molecule has 1 aliphatic rings. The number of sulfonamides is 1. The third kappa shape index (κ3) is 2.63. The molecule has 25 heavy (non-hydrogen) atoms. The number of anilines is 1. The molecule has 2 heterocycles. The normalized spacial score (nSPS) is 13.8. The molecule has 0 aliphatic carbocycles. The van der Waals surface area contributed by atoms with Gasteiger partial charge in [0.05, 0.1) is 5.69 Å². The van der Waals surface area contributed by atoms with Crippen LogP contribution >= 0.6 is 11.6 Å². The maximum Gasteiger partial charge on any atom is 0.264 e. The van der Waals surface area contributed by atoms with Gasteiger partial charge in [-0.3, -0.25) is 9.52 Å². The zero-order chi connectivity index (χ0) is 17.8. The lowest BCUT2D eigenvalue weighted by molar-refractivity contribution is 0.0966. The summed E-state index contributed by atoms with van der Waals surface area (Å²) in [5, 5.41) is 3.45. The molecule has 9 heteroatoms. The number of amides is 1. The van der Waals surface area contributed by atoms with Crippen LogP contribution in [0.15, 0.2) is 41.4 Å². The number of carbonyl (C=O) groups is 1. The van der Waals surface area contributed by atoms with Gasteiger partial charge in [0, 0.05) is 34.2 Å². The Morgan fingerprint density at radius 3 is 2.80 bits per heavy atom. The second-order valence-electron chi connectivity index (χ2n) is 5.62. The summed E-state index contributed by atoms with van der Waals surface area (Å²) in [6.45, 7) is 0.224. The largest absolute Gasteiger partial charge is 0.360 e. The van der Waals surface area contributed by atoms with Gasteiger partial charge in [-0.15, -0.1) is 0 Å². The maximum absolute atomic E-state index is 14.2. The van der Waals surface area contributed by atoms with E-state index in [0.29, 0.717) is 21.5 Å². The fraction of sp³-hybridized carbons (Fsp3) is 0.0625. The number of halogens is 2. The first kappa shape index (κ1) is 15.9. The number of aromatic amines is 1. The summed E-state index contributed by atoms with van der Waals surface area (Å²) >= 11 is 5.89. The van der Waals surface area contributed by atoms with E-state index in [9.17, 15) is 17.6 Å². The molecule has 6 nitrogen and oxygen atoms in total. The first-order chi connectivity index (χ1) is 11.8. The Morgan fingerprint density at radius 1 is 1.20 bits per heavy atom. The minimum absolute atomic E-state index is 0.0384. The summed E-state index contributed by atoms with van der Waals surface area (Å²) in [6.07, 6.45) is 1.31. The van der Waals surface area contributed by atoms with E-state index < -0.39 is 15.8 Å². The minimum Gasteiger partial charge on any atom is -0.360 e. The summed E-state index contributed by atoms with van der Waals surface area (Å²) in [7, 11) is -4.06. The van der Waals surface area contributed by atoms with E-state index in [2.05, 4.69) is 15.0 Å². The first-order valence-corrected chi connectivity index (χ1v) is 9.11. The molecule has 4 rings (SSSR count). The van der Waals surface area contributed by atoms with Gasteiger partial charge in [-0.05, 0) is 35.9 Å². The Bertz CT molecular complexity index is 1140. The number of hydrogen-bond donors (Lipinski definition) is 3. The Balaban J connectivity index is 1.77. The molecule has 0 saturated carbocycles. The fourth-order valence-electron chi connectivity index (χ4n) is 2.81. The molecule has 0 fully saturated rings. The van der Waals surface area contributed by atoms with Crippen molar-refractivity contribution >= 4 is 44.1 Å². The lowest BCUT2D eigenvalue weighted by atomic mass is 10.1. The van der Waals surface area contributed by atoms with Crippen LogP contribution in [0.2, 0.25) is 5.02 Å². The summed E-state index contributed by atoms with van der Waals surface area (Å²) in [5.41, 5.74) is 1.01. The molecule has 0 atom stereocenters. The third-order valence-corrected chi connectivity index (χ3v) is 5.66. The van der Waals surface area contributed by atoms with Crippen LogP contribution in [-0.4, -0.2) is 19.3 Å². The number of fused-ring (bicyclic) bond motifs is 2. The number of nitrogens with one attached hydrogen (secondary N) is 3. The second-order valence-corrected chi connectivity index (χ2v) is 7.71. The zero-order valence-electron chi connectivity index (χ0n) is 12.6. The molecule has 2 aromatic carbocycles. The van der Waals surface area contributed by atoms with E-state index in [1.165, 1.54) is 12.3 Å². The molecule has 0 radical (unpaired) electrons. The SMILES string of the molecule is O=C1NCc2cc(F)c(NS(=O)(=O)c3c[nH]c4cc(Cl)ccc34)cc21. The molecule has 1 aromatic heterocycles. The maximum atomic E-state index is 14.2. The molecular formula is C16H11ClFN3O3S. The van der Waals surface area contributed by atoms with Crippen molar-refractivity contribution in [3.8, 4) is 0 Å². The summed E-state index contributed by atoms with van der Waals surface area (Å²) in [6, 6.07) is 7.08. The van der Waals surface area contributed by atoms with Crippen LogP contribution in [0, 0.1) is 5.82 Å². The molecule has 3 N–H and O–H groups in total. The van der Waals surface area contributed by atoms with Crippen LogP contribution in [-0.2, 0) is 16.6 Å². The molecule has 0 saturated heterocycles. The fourth-order valence-corrected chi connectivity index (χ4v) is 4.22. The second kappa shape index (κ2) is 5.47. The van der Waals surface area contributed by atoms with Gasteiger partial charge in [0.25, 0.3) is 15.9 Å². The Hall–Kier alpha value is -2.58. The van der Waals surface area contributed by atoms with Crippen LogP contribution in [0.25, 0.3) is 10.9 Å². The average Bonchev–Trinajstić information content (AvgIpc) is 3.12. The van der Waals surface area contributed by atoms with Gasteiger partial charge in [-0.2, -0.15) is 0 Å². The zero-order valence-corrected chi connectivity index (χ0v) is 14.1. The van der Waals surface area contributed by atoms with Crippen molar-refractivity contribution in [2.24, 2.45) is 0 Å². The Kier molecular flexibility index (Phi) is 3.48. The van der Waals surface area contributed by atoms with Gasteiger partial charge < -0.3 is 10.3 Å². The number of H-pyrrole nitrogens is 1. The topological polar surface area (TPSA) is 91.1 Å². The molecule has 0 unspecified atom stereocenters. The van der Waals surface area contributed by atoms with Crippen molar-refractivity contribution in [1.82, 2.24) is 10.3 Å². The Labute approximate surface area is 147 Å². The van der Waals surface area contributed by atoms with Crippen LogP contribution in [0.3, 0.4) is 0 Å². The van der Waals surface area contributed by atoms with Crippen molar-refractivity contribution in [1.29, 1.82) is 0 Å². The van der Waals surface area contributed by atoms with E-state index in [-0.39, 0.29) is 28.6 Å². The van der Waals surface area contributed by atoms with Crippen LogP contribution < -0.4 is 10.0 Å². The molecule has 1 amide bonds. The lowest BCUT2D eigenvalue weighted by Gasteiger charge is -2.09. The highest BCUT2D eigenvalue weighted by Gasteiger charge is 2.25. The number of hydrogen-bond acceptors (Lipinski definition) is 3. The molecular weight excluding hydrogens is 369 g/mol. The van der Waals surface area contributed by atoms with Crippen molar-refractivity contribution in [2.45, 2.75) is 11.4 Å². The molecule has 0 spiro atoms. The van der Waals surface area contributed by atoms with E-state index in [1.807, 2.05) is 0 Å². The predicted octanol–water partition coefficient (Wildman–Crippen LogP) is 3.00. The van der Waals surface area contributed by atoms with E-state index in [0.717, 1.165) is 6.07 Å². The highest BCUT2D eigenvalue weighted by atomic mass is 35.5. The first-order valence-electron chi connectivity index (χ1n) is 7.25. The van der Waals surface area contributed by atoms with Gasteiger partial charge >= 0.3 is 0 Å². The van der Waals surface area contributed by atoms with Crippen LogP contribution in [0.1, 0.15) is 15.9 Å². The van der Waals surface area contributed by atoms with E-state index in [1.54, 1.807) is 18.2 Å². The summed E-state index contributed by atoms with van der Waals surface area (Å²) in [4.78, 5) is 14.5. The van der Waals surface area contributed by atoms with Crippen LogP contribution in [0.5, 0.6) is 0 Å². The van der Waals surface area contributed by atoms with Gasteiger partial charge in [-0.25, -0.2) is 12.8 Å². The van der Waals surface area contributed by atoms with Gasteiger partial charge in [0.15, 0.2) is 0 Å². The minimum atomic E-state index is -4.06. The summed E-state index contributed by atoms with van der Waals surface area (Å²) in [5.74, 6) is -1.11. The third-order valence-electron chi connectivity index (χ3n) is 4.02. The summed E-state index contributed by atoms with van der Waals surface area (Å²) < 4.78 is 41.8. The van der Waals surface area contributed by atoms with Gasteiger partial charge in [0.1, 0.15) is 10.7 Å². The van der Waals surface area contributed by atoms with Gasteiger partial charge in [0.2, 0.25) is 0 Å². The van der Waals surface area contributed by atoms with Crippen LogP contribution in [0.4, 0.5) is 10.1 Å². The van der Waals surface area contributed by atoms with E-state index >= 15 is 0 Å². The smallest absolute Gasteiger partial charge is 0.264 e. The average molecular weight is 380 g/mol. The highest BCUT2D eigenvalue weighted by molar-refractivity contribution is 7.93. The number of aromatic nitrogens is 1. The standard InChI is InChI=1S/C16H11ClFN3O3S/c17-9-1-2-10-13(4-9)19-7-15(10)25(23,24)21-14-5-11-8(3-12(14)18)6-20-16(11)22/h1-5,7,19,21H,6H2,(H,20,22). The molecule has 3 aromatic rings. The number of rotatable bonds is 3. The predicted molar refractivity (Wildman–Crippen MR) is 91.7 cm³/mol. The van der Waals surface area contributed by atoms with Gasteiger partial charge in [-0.1, -0.05) is 11.6 Å². The lowest BCUT2D eigenvalue weighted by Crippen LogP contribution is -2.15. The van der Waals surface area contributed by atoms with Crippen molar-refractivity contribution in [2.75, 3.05) is 4.72 Å². The number of carbonyl (C=O) groups excluding carboxylic acids is 1. The number of benzene rings is 2.